The zero-order chi connectivity index (χ0) is 22.6. The Morgan fingerprint density at radius 2 is 1.88 bits per heavy atom. The number of carbonyl (C=O) groups is 1. The van der Waals surface area contributed by atoms with E-state index < -0.39 is 33.9 Å². The fourth-order valence-corrected chi connectivity index (χ4v) is 6.70. The van der Waals surface area contributed by atoms with Crippen LogP contribution in [0.15, 0.2) is 47.3 Å². The summed E-state index contributed by atoms with van der Waals surface area (Å²) in [6.07, 6.45) is 3.28. The lowest BCUT2D eigenvalue weighted by atomic mass is 9.86. The number of aromatic nitrogens is 1. The van der Waals surface area contributed by atoms with Crippen LogP contribution in [0.1, 0.15) is 24.6 Å². The van der Waals surface area contributed by atoms with Gasteiger partial charge in [0, 0.05) is 42.9 Å². The molecule has 32 heavy (non-hydrogen) atoms. The summed E-state index contributed by atoms with van der Waals surface area (Å²) in [7, 11) is -3.68. The first-order valence-corrected chi connectivity index (χ1v) is 12.8. The van der Waals surface area contributed by atoms with Gasteiger partial charge in [-0.3, -0.25) is 9.59 Å². The first-order valence-electron chi connectivity index (χ1n) is 11.0. The van der Waals surface area contributed by atoms with Crippen molar-refractivity contribution in [2.45, 2.75) is 31.5 Å². The van der Waals surface area contributed by atoms with Gasteiger partial charge in [-0.2, -0.15) is 4.31 Å². The maximum Gasteiger partial charge on any atom is 0.258 e. The van der Waals surface area contributed by atoms with Crippen LogP contribution in [-0.2, 0) is 21.4 Å². The smallest absolute Gasteiger partial charge is 0.258 e. The minimum absolute atomic E-state index is 0.107. The molecule has 0 radical (unpaired) electrons. The molecular formula is C23H27N3O5S. The van der Waals surface area contributed by atoms with Gasteiger partial charge in [-0.1, -0.05) is 30.3 Å². The Morgan fingerprint density at radius 3 is 2.50 bits per heavy atom. The van der Waals surface area contributed by atoms with Gasteiger partial charge in [0.1, 0.15) is 0 Å². The van der Waals surface area contributed by atoms with Crippen molar-refractivity contribution in [1.29, 1.82) is 0 Å². The normalized spacial score (nSPS) is 27.2. The number of aliphatic hydroxyl groups is 1. The number of rotatable bonds is 6. The molecule has 1 aromatic carbocycles. The van der Waals surface area contributed by atoms with Crippen molar-refractivity contribution in [3.8, 4) is 11.1 Å². The van der Waals surface area contributed by atoms with Crippen LogP contribution >= 0.6 is 0 Å². The number of aliphatic hydroxyl groups excluding tert-OH is 1. The van der Waals surface area contributed by atoms with Crippen molar-refractivity contribution in [1.82, 2.24) is 14.2 Å². The van der Waals surface area contributed by atoms with E-state index in [0.29, 0.717) is 23.7 Å². The Morgan fingerprint density at radius 1 is 1.16 bits per heavy atom. The number of hydrogen-bond donors (Lipinski definition) is 2. The molecule has 4 atom stereocenters. The number of hydrogen-bond acceptors (Lipinski definition) is 5. The van der Waals surface area contributed by atoms with Gasteiger partial charge in [-0.25, -0.2) is 8.42 Å². The monoisotopic (exact) mass is 457 g/mol. The van der Waals surface area contributed by atoms with Crippen molar-refractivity contribution in [2.75, 3.05) is 19.4 Å². The third-order valence-electron chi connectivity index (χ3n) is 7.02. The molecule has 2 N–H and O–H groups in total. The van der Waals surface area contributed by atoms with E-state index in [1.54, 1.807) is 16.7 Å². The van der Waals surface area contributed by atoms with Crippen molar-refractivity contribution >= 4 is 15.9 Å². The van der Waals surface area contributed by atoms with Crippen molar-refractivity contribution in [3.05, 3.63) is 58.5 Å². The molecule has 2 fully saturated rings. The second-order valence-corrected chi connectivity index (χ2v) is 11.0. The second-order valence-electron chi connectivity index (χ2n) is 9.12. The number of benzene rings is 1. The van der Waals surface area contributed by atoms with Gasteiger partial charge in [0.15, 0.2) is 0 Å². The van der Waals surface area contributed by atoms with E-state index in [4.69, 9.17) is 0 Å². The van der Waals surface area contributed by atoms with Crippen LogP contribution in [0.5, 0.6) is 0 Å². The summed E-state index contributed by atoms with van der Waals surface area (Å²) in [6, 6.07) is 11.3. The average Bonchev–Trinajstić information content (AvgIpc) is 3.56. The van der Waals surface area contributed by atoms with Crippen molar-refractivity contribution < 1.29 is 18.3 Å². The maximum atomic E-state index is 13.4. The Balaban J connectivity index is 1.62. The SMILES string of the molecule is CS(=O)(=O)N1[C@@H]2Cn3c(ccc(-c4ccccc4)c3=O)[C@H]1[C@@H](C(=O)NCC1CC1)[C@@H]2CO. The summed E-state index contributed by atoms with van der Waals surface area (Å²) in [5.41, 5.74) is 1.59. The molecule has 0 spiro atoms. The molecule has 1 saturated carbocycles. The lowest BCUT2D eigenvalue weighted by Gasteiger charge is -2.36. The van der Waals surface area contributed by atoms with E-state index in [0.717, 1.165) is 24.7 Å². The molecule has 8 nitrogen and oxygen atoms in total. The van der Waals surface area contributed by atoms with E-state index in [2.05, 4.69) is 5.32 Å². The van der Waals surface area contributed by atoms with Crippen LogP contribution in [0.25, 0.3) is 11.1 Å². The number of amides is 1. The van der Waals surface area contributed by atoms with E-state index in [1.165, 1.54) is 4.31 Å². The largest absolute Gasteiger partial charge is 0.396 e. The van der Waals surface area contributed by atoms with Crippen molar-refractivity contribution in [2.24, 2.45) is 17.8 Å². The van der Waals surface area contributed by atoms with Crippen LogP contribution in [0.2, 0.25) is 0 Å². The molecule has 2 bridgehead atoms. The molecule has 3 heterocycles. The number of pyridine rings is 1. The average molecular weight is 458 g/mol. The third kappa shape index (κ3) is 3.48. The number of sulfonamides is 1. The molecule has 2 aliphatic heterocycles. The van der Waals surface area contributed by atoms with Gasteiger partial charge in [0.2, 0.25) is 15.9 Å². The molecule has 1 aromatic heterocycles. The Hall–Kier alpha value is -2.49. The van der Waals surface area contributed by atoms with Crippen LogP contribution in [0.4, 0.5) is 0 Å². The zero-order valence-corrected chi connectivity index (χ0v) is 18.7. The molecule has 1 aliphatic carbocycles. The molecule has 3 aliphatic rings. The molecule has 2 aromatic rings. The molecule has 1 amide bonds. The van der Waals surface area contributed by atoms with Crippen LogP contribution < -0.4 is 10.9 Å². The molecule has 1 saturated heterocycles. The van der Waals surface area contributed by atoms with Gasteiger partial charge in [0.05, 0.1) is 18.2 Å². The second kappa shape index (κ2) is 7.83. The lowest BCUT2D eigenvalue weighted by molar-refractivity contribution is -0.127. The van der Waals surface area contributed by atoms with Crippen LogP contribution in [0, 0.1) is 17.8 Å². The van der Waals surface area contributed by atoms with Crippen molar-refractivity contribution in [3.63, 3.8) is 0 Å². The highest BCUT2D eigenvalue weighted by Crippen LogP contribution is 2.49. The highest BCUT2D eigenvalue weighted by Gasteiger charge is 2.58. The maximum absolute atomic E-state index is 13.4. The highest BCUT2D eigenvalue weighted by atomic mass is 32.2. The predicted molar refractivity (Wildman–Crippen MR) is 119 cm³/mol. The van der Waals surface area contributed by atoms with Gasteiger partial charge in [-0.05, 0) is 36.5 Å². The predicted octanol–water partition coefficient (Wildman–Crippen LogP) is 0.965. The molecular weight excluding hydrogens is 430 g/mol. The standard InChI is InChI=1S/C23H27N3O5S/c1-32(30,31)26-19-12-25-18(10-9-16(23(25)29)15-5-3-2-4-6-15)21(26)20(17(19)13-27)22(28)24-11-14-7-8-14/h2-6,9-10,14,17,19-21,27H,7-8,11-13H2,1H3,(H,24,28)/t17-,19-,20+,21+/m1/s1. The Labute approximate surface area is 186 Å². The lowest BCUT2D eigenvalue weighted by Crippen LogP contribution is -2.48. The molecule has 9 heteroatoms. The number of nitrogens with zero attached hydrogens (tertiary/aromatic N) is 2. The van der Waals surface area contributed by atoms with E-state index in [9.17, 15) is 23.1 Å². The summed E-state index contributed by atoms with van der Waals surface area (Å²) in [5, 5.41) is 13.2. The Bertz CT molecular complexity index is 1210. The fourth-order valence-electron chi connectivity index (χ4n) is 5.33. The number of carbonyl (C=O) groups excluding carboxylic acids is 1. The molecule has 5 rings (SSSR count). The first kappa shape index (κ1) is 21.4. The highest BCUT2D eigenvalue weighted by molar-refractivity contribution is 7.88. The van der Waals surface area contributed by atoms with Gasteiger partial charge >= 0.3 is 0 Å². The Kier molecular flexibility index (Phi) is 5.22. The summed E-state index contributed by atoms with van der Waals surface area (Å²) in [4.78, 5) is 26.6. The van der Waals surface area contributed by atoms with Gasteiger partial charge < -0.3 is 15.0 Å². The van der Waals surface area contributed by atoms with E-state index in [-0.39, 0.29) is 24.6 Å². The van der Waals surface area contributed by atoms with Gasteiger partial charge in [0.25, 0.3) is 5.56 Å². The molecule has 170 valence electrons. The van der Waals surface area contributed by atoms with E-state index in [1.807, 2.05) is 30.3 Å². The van der Waals surface area contributed by atoms with Gasteiger partial charge in [-0.15, -0.1) is 0 Å². The first-order chi connectivity index (χ1) is 15.3. The zero-order valence-electron chi connectivity index (χ0n) is 17.8. The summed E-state index contributed by atoms with van der Waals surface area (Å²) in [6.45, 7) is 0.336. The summed E-state index contributed by atoms with van der Waals surface area (Å²) < 4.78 is 28.5. The van der Waals surface area contributed by atoms with E-state index >= 15 is 0 Å². The minimum Gasteiger partial charge on any atom is -0.396 e. The number of nitrogens with one attached hydrogen (secondary N) is 1. The van der Waals surface area contributed by atoms with Crippen LogP contribution in [-0.4, -0.2) is 53.8 Å². The summed E-state index contributed by atoms with van der Waals surface area (Å²) in [5.74, 6) is -1.13. The molecule has 0 unspecified atom stereocenters. The number of fused-ring (bicyclic) bond motifs is 4. The quantitative estimate of drug-likeness (QED) is 0.672. The fraction of sp³-hybridized carbons (Fsp3) is 0.478. The third-order valence-corrected chi connectivity index (χ3v) is 8.28. The minimum atomic E-state index is -3.68. The topological polar surface area (TPSA) is 109 Å². The van der Waals surface area contributed by atoms with Crippen LogP contribution in [0.3, 0.4) is 0 Å². The summed E-state index contributed by atoms with van der Waals surface area (Å²) >= 11 is 0.